The number of methoxy groups -OCH3 is 1. The molecule has 4 rings (SSSR count). The van der Waals surface area contributed by atoms with E-state index in [-0.39, 0.29) is 24.7 Å². The van der Waals surface area contributed by atoms with Gasteiger partial charge in [0.05, 0.1) is 18.4 Å². The molecular weight excluding hydrogens is 488 g/mol. The first kappa shape index (κ1) is 25.0. The Balaban J connectivity index is 1.32. The maximum atomic E-state index is 12.4. The molecule has 0 atom stereocenters. The average molecular weight is 511 g/mol. The molecule has 3 aromatic rings. The van der Waals surface area contributed by atoms with Crippen molar-refractivity contribution < 1.29 is 33.3 Å². The Kier molecular flexibility index (Phi) is 7.72. The summed E-state index contributed by atoms with van der Waals surface area (Å²) in [7, 11) is 1.23. The van der Waals surface area contributed by atoms with Crippen LogP contribution >= 0.6 is 11.6 Å². The highest BCUT2D eigenvalue weighted by molar-refractivity contribution is 6.31. The molecule has 1 aliphatic rings. The highest BCUT2D eigenvalue weighted by Crippen LogP contribution is 2.36. The molecule has 0 fully saturated rings. The molecule has 0 unspecified atom stereocenters. The molecule has 10 heteroatoms. The van der Waals surface area contributed by atoms with Crippen LogP contribution in [-0.2, 0) is 19.1 Å². The maximum Gasteiger partial charge on any atom is 0.340 e. The zero-order valence-electron chi connectivity index (χ0n) is 19.6. The van der Waals surface area contributed by atoms with Crippen molar-refractivity contribution in [2.45, 2.75) is 6.92 Å². The zero-order valence-corrected chi connectivity index (χ0v) is 20.3. The van der Waals surface area contributed by atoms with Crippen molar-refractivity contribution >= 4 is 40.8 Å². The van der Waals surface area contributed by atoms with Gasteiger partial charge in [-0.3, -0.25) is 9.59 Å². The number of carbonyl (C=O) groups is 3. The lowest BCUT2D eigenvalue weighted by Gasteiger charge is -2.12. The van der Waals surface area contributed by atoms with Gasteiger partial charge in [0.1, 0.15) is 13.2 Å². The van der Waals surface area contributed by atoms with E-state index in [0.717, 1.165) is 16.7 Å². The fraction of sp³-hybridized carbons (Fsp3) is 0.192. The van der Waals surface area contributed by atoms with Gasteiger partial charge in [0, 0.05) is 10.7 Å². The van der Waals surface area contributed by atoms with Crippen LogP contribution < -0.4 is 20.1 Å². The van der Waals surface area contributed by atoms with E-state index in [0.29, 0.717) is 22.2 Å². The van der Waals surface area contributed by atoms with Crippen LogP contribution in [0.25, 0.3) is 11.1 Å². The number of halogens is 1. The van der Waals surface area contributed by atoms with Crippen LogP contribution in [0.4, 0.5) is 11.4 Å². The molecule has 186 valence electrons. The predicted octanol–water partition coefficient (Wildman–Crippen LogP) is 4.42. The third kappa shape index (κ3) is 5.94. The second-order valence-corrected chi connectivity index (χ2v) is 8.30. The van der Waals surface area contributed by atoms with Gasteiger partial charge in [0.15, 0.2) is 11.5 Å². The normalized spacial score (nSPS) is 11.6. The summed E-state index contributed by atoms with van der Waals surface area (Å²) in [5.41, 5.74) is 3.61. The van der Waals surface area contributed by atoms with Crippen molar-refractivity contribution in [3.8, 4) is 22.6 Å². The summed E-state index contributed by atoms with van der Waals surface area (Å²) in [5, 5.41) is 5.68. The van der Waals surface area contributed by atoms with Crippen LogP contribution in [0, 0.1) is 6.92 Å². The van der Waals surface area contributed by atoms with Gasteiger partial charge in [-0.05, 0) is 60.0 Å². The van der Waals surface area contributed by atoms with E-state index in [9.17, 15) is 14.4 Å². The summed E-state index contributed by atoms with van der Waals surface area (Å²) < 4.78 is 20.8. The van der Waals surface area contributed by atoms with Crippen LogP contribution in [0.2, 0.25) is 5.02 Å². The summed E-state index contributed by atoms with van der Waals surface area (Å²) in [6, 6.07) is 15.7. The lowest BCUT2D eigenvalue weighted by atomic mass is 10.0. The van der Waals surface area contributed by atoms with Gasteiger partial charge in [-0.2, -0.15) is 0 Å². The van der Waals surface area contributed by atoms with Gasteiger partial charge in [0.2, 0.25) is 18.6 Å². The first-order valence-electron chi connectivity index (χ1n) is 10.9. The largest absolute Gasteiger partial charge is 0.465 e. The van der Waals surface area contributed by atoms with E-state index in [1.807, 2.05) is 43.3 Å². The summed E-state index contributed by atoms with van der Waals surface area (Å²) in [6.45, 7) is 1.33. The minimum Gasteiger partial charge on any atom is -0.465 e. The van der Waals surface area contributed by atoms with Gasteiger partial charge in [-0.25, -0.2) is 4.79 Å². The quantitative estimate of drug-likeness (QED) is 0.431. The van der Waals surface area contributed by atoms with Crippen molar-refractivity contribution in [2.75, 3.05) is 37.8 Å². The molecular formula is C26H23ClN2O7. The number of amides is 2. The van der Waals surface area contributed by atoms with Gasteiger partial charge < -0.3 is 29.6 Å². The molecule has 0 aliphatic carbocycles. The second-order valence-electron chi connectivity index (χ2n) is 7.87. The molecule has 2 amide bonds. The molecule has 3 aromatic carbocycles. The Labute approximate surface area is 212 Å². The Morgan fingerprint density at radius 2 is 1.53 bits per heavy atom. The van der Waals surface area contributed by atoms with Gasteiger partial charge in [0.25, 0.3) is 0 Å². The number of benzene rings is 3. The lowest BCUT2D eigenvalue weighted by Crippen LogP contribution is -2.24. The first-order chi connectivity index (χ1) is 17.3. The minimum absolute atomic E-state index is 0.105. The Hall–Kier alpha value is -4.08. The van der Waals surface area contributed by atoms with Crippen molar-refractivity contribution in [3.05, 3.63) is 70.7 Å². The molecule has 0 radical (unpaired) electrons. The fourth-order valence-corrected chi connectivity index (χ4v) is 3.70. The summed E-state index contributed by atoms with van der Waals surface area (Å²) in [5.74, 6) is -0.251. The number of ether oxygens (including phenoxy) is 4. The lowest BCUT2D eigenvalue weighted by molar-refractivity contribution is -0.125. The van der Waals surface area contributed by atoms with E-state index >= 15 is 0 Å². The van der Waals surface area contributed by atoms with Crippen LogP contribution in [-0.4, -0.2) is 44.9 Å². The van der Waals surface area contributed by atoms with E-state index < -0.39 is 24.4 Å². The van der Waals surface area contributed by atoms with Gasteiger partial charge >= 0.3 is 5.97 Å². The SMILES string of the molecule is COC(=O)c1cc(Cl)ccc1NC(=O)COCC(=O)Nc1cc(-c2ccc3c(c2)OCO3)ccc1C. The number of fused-ring (bicyclic) bond motifs is 1. The number of hydrogen-bond acceptors (Lipinski definition) is 7. The molecule has 9 nitrogen and oxygen atoms in total. The van der Waals surface area contributed by atoms with Gasteiger partial charge in [-0.1, -0.05) is 29.8 Å². The standard InChI is InChI=1S/C26H23ClN2O7/c1-15-3-4-16(17-5-8-22-23(10-17)36-14-35-22)9-21(15)29-25(31)13-34-12-24(30)28-20-7-6-18(27)11-19(20)26(32)33-2/h3-11H,12-14H2,1-2H3,(H,28,30)(H,29,31). The van der Waals surface area contributed by atoms with Crippen molar-refractivity contribution in [2.24, 2.45) is 0 Å². The molecule has 2 N–H and O–H groups in total. The topological polar surface area (TPSA) is 112 Å². The van der Waals surface area contributed by atoms with E-state index in [1.54, 1.807) is 0 Å². The number of hydrogen-bond donors (Lipinski definition) is 2. The van der Waals surface area contributed by atoms with Crippen LogP contribution in [0.15, 0.2) is 54.6 Å². The third-order valence-corrected chi connectivity index (χ3v) is 5.58. The molecule has 1 heterocycles. The number of esters is 1. The molecule has 0 saturated carbocycles. The Morgan fingerprint density at radius 1 is 0.861 bits per heavy atom. The highest BCUT2D eigenvalue weighted by Gasteiger charge is 2.16. The summed E-state index contributed by atoms with van der Waals surface area (Å²) >= 11 is 5.92. The average Bonchev–Trinajstić information content (AvgIpc) is 3.34. The van der Waals surface area contributed by atoms with Crippen LogP contribution in [0.5, 0.6) is 11.5 Å². The highest BCUT2D eigenvalue weighted by atomic mass is 35.5. The third-order valence-electron chi connectivity index (χ3n) is 5.34. The van der Waals surface area contributed by atoms with E-state index in [1.165, 1.54) is 25.3 Å². The summed E-state index contributed by atoms with van der Waals surface area (Å²) in [6.07, 6.45) is 0. The Bertz CT molecular complexity index is 1330. The number of aryl methyl sites for hydroxylation is 1. The molecule has 0 aromatic heterocycles. The van der Waals surface area contributed by atoms with Crippen LogP contribution in [0.1, 0.15) is 15.9 Å². The number of nitrogens with one attached hydrogen (secondary N) is 2. The number of anilines is 2. The molecule has 0 bridgehead atoms. The number of rotatable bonds is 8. The molecule has 1 aliphatic heterocycles. The second kappa shape index (κ2) is 11.1. The predicted molar refractivity (Wildman–Crippen MR) is 134 cm³/mol. The summed E-state index contributed by atoms with van der Waals surface area (Å²) in [4.78, 5) is 36.6. The van der Waals surface area contributed by atoms with Crippen molar-refractivity contribution in [3.63, 3.8) is 0 Å². The van der Waals surface area contributed by atoms with E-state index in [4.69, 9.17) is 30.5 Å². The van der Waals surface area contributed by atoms with E-state index in [2.05, 4.69) is 10.6 Å². The van der Waals surface area contributed by atoms with Gasteiger partial charge in [-0.15, -0.1) is 0 Å². The van der Waals surface area contributed by atoms with Crippen molar-refractivity contribution in [1.29, 1.82) is 0 Å². The zero-order chi connectivity index (χ0) is 25.7. The fourth-order valence-electron chi connectivity index (χ4n) is 3.53. The molecule has 36 heavy (non-hydrogen) atoms. The maximum absolute atomic E-state index is 12.4. The molecule has 0 spiro atoms. The smallest absolute Gasteiger partial charge is 0.340 e. The van der Waals surface area contributed by atoms with Crippen molar-refractivity contribution in [1.82, 2.24) is 0 Å². The monoisotopic (exact) mass is 510 g/mol. The first-order valence-corrected chi connectivity index (χ1v) is 11.3. The number of carbonyl (C=O) groups excluding carboxylic acids is 3. The molecule has 0 saturated heterocycles. The van der Waals surface area contributed by atoms with Crippen LogP contribution in [0.3, 0.4) is 0 Å². The Morgan fingerprint density at radius 3 is 2.28 bits per heavy atom. The minimum atomic E-state index is -0.647.